The lowest BCUT2D eigenvalue weighted by Crippen LogP contribution is -2.35. The molecule has 2 saturated heterocycles. The van der Waals surface area contributed by atoms with Crippen LogP contribution in [0.25, 0.3) is 0 Å². The number of benzene rings is 1. The van der Waals surface area contributed by atoms with Gasteiger partial charge in [0.15, 0.2) is 0 Å². The molecule has 0 saturated carbocycles. The number of likely N-dealkylation sites (tertiary alicyclic amines) is 1. The van der Waals surface area contributed by atoms with E-state index in [1.165, 1.54) is 18.5 Å². The average molecular weight is 273 g/mol. The standard InChI is InChI=1S/C16H23N3O/c1-2-18-9-8-13(11-18)12-19-15(20)10-17-16(19)14-6-4-3-5-7-14/h3-7,13,16-17H,2,8-12H2,1H3. The van der Waals surface area contributed by atoms with Crippen molar-refractivity contribution in [2.45, 2.75) is 19.5 Å². The highest BCUT2D eigenvalue weighted by Crippen LogP contribution is 2.26. The van der Waals surface area contributed by atoms with Crippen molar-refractivity contribution in [3.05, 3.63) is 35.9 Å². The molecular formula is C16H23N3O. The van der Waals surface area contributed by atoms with E-state index in [0.717, 1.165) is 19.6 Å². The van der Waals surface area contributed by atoms with E-state index >= 15 is 0 Å². The van der Waals surface area contributed by atoms with E-state index in [0.29, 0.717) is 12.5 Å². The Morgan fingerprint density at radius 1 is 1.30 bits per heavy atom. The maximum Gasteiger partial charge on any atom is 0.238 e. The van der Waals surface area contributed by atoms with E-state index in [4.69, 9.17) is 0 Å². The Balaban J connectivity index is 1.68. The van der Waals surface area contributed by atoms with Gasteiger partial charge in [-0.2, -0.15) is 0 Å². The van der Waals surface area contributed by atoms with Crippen molar-refractivity contribution < 1.29 is 4.79 Å². The Morgan fingerprint density at radius 2 is 2.10 bits per heavy atom. The van der Waals surface area contributed by atoms with Gasteiger partial charge in [-0.1, -0.05) is 37.3 Å². The van der Waals surface area contributed by atoms with Gasteiger partial charge in [0.25, 0.3) is 0 Å². The van der Waals surface area contributed by atoms with Crippen LogP contribution in [0.15, 0.2) is 30.3 Å². The van der Waals surface area contributed by atoms with Gasteiger partial charge in [0.05, 0.1) is 6.54 Å². The van der Waals surface area contributed by atoms with Gasteiger partial charge in [-0.05, 0) is 31.0 Å². The third kappa shape index (κ3) is 2.72. The molecular weight excluding hydrogens is 250 g/mol. The van der Waals surface area contributed by atoms with Crippen molar-refractivity contribution >= 4 is 5.91 Å². The van der Waals surface area contributed by atoms with Crippen LogP contribution in [0.5, 0.6) is 0 Å². The summed E-state index contributed by atoms with van der Waals surface area (Å²) in [6.45, 7) is 6.96. The maximum absolute atomic E-state index is 12.1. The van der Waals surface area contributed by atoms with E-state index in [1.807, 2.05) is 23.1 Å². The van der Waals surface area contributed by atoms with E-state index in [-0.39, 0.29) is 12.1 Å². The summed E-state index contributed by atoms with van der Waals surface area (Å²) in [5.41, 5.74) is 1.18. The number of carbonyl (C=O) groups excluding carboxylic acids is 1. The topological polar surface area (TPSA) is 35.6 Å². The van der Waals surface area contributed by atoms with E-state index in [9.17, 15) is 4.79 Å². The minimum atomic E-state index is 0.0550. The largest absolute Gasteiger partial charge is 0.321 e. The summed E-state index contributed by atoms with van der Waals surface area (Å²) in [4.78, 5) is 16.6. The summed E-state index contributed by atoms with van der Waals surface area (Å²) >= 11 is 0. The molecule has 0 bridgehead atoms. The second-order valence-corrected chi connectivity index (χ2v) is 5.79. The zero-order chi connectivity index (χ0) is 13.9. The fraction of sp³-hybridized carbons (Fsp3) is 0.562. The third-order valence-corrected chi connectivity index (χ3v) is 4.47. The second-order valence-electron chi connectivity index (χ2n) is 5.79. The van der Waals surface area contributed by atoms with Gasteiger partial charge in [-0.3, -0.25) is 10.1 Å². The van der Waals surface area contributed by atoms with Gasteiger partial charge >= 0.3 is 0 Å². The van der Waals surface area contributed by atoms with Gasteiger partial charge < -0.3 is 9.80 Å². The number of hydrogen-bond donors (Lipinski definition) is 1. The molecule has 2 atom stereocenters. The Kier molecular flexibility index (Phi) is 4.03. The van der Waals surface area contributed by atoms with Gasteiger partial charge in [0.2, 0.25) is 5.91 Å². The smallest absolute Gasteiger partial charge is 0.238 e. The Hall–Kier alpha value is -1.39. The van der Waals surface area contributed by atoms with E-state index in [1.54, 1.807) is 0 Å². The predicted molar refractivity (Wildman–Crippen MR) is 79.1 cm³/mol. The first kappa shape index (κ1) is 13.6. The van der Waals surface area contributed by atoms with Crippen LogP contribution in [0.1, 0.15) is 25.1 Å². The van der Waals surface area contributed by atoms with E-state index < -0.39 is 0 Å². The fourth-order valence-electron chi connectivity index (χ4n) is 3.31. The summed E-state index contributed by atoms with van der Waals surface area (Å²) in [6.07, 6.45) is 1.26. The molecule has 108 valence electrons. The lowest BCUT2D eigenvalue weighted by Gasteiger charge is -2.27. The molecule has 2 aliphatic rings. The van der Waals surface area contributed by atoms with Gasteiger partial charge in [-0.25, -0.2) is 0 Å². The second kappa shape index (κ2) is 5.94. The van der Waals surface area contributed by atoms with Crippen LogP contribution in [-0.4, -0.2) is 48.4 Å². The number of amides is 1. The Bertz CT molecular complexity index is 462. The third-order valence-electron chi connectivity index (χ3n) is 4.47. The number of hydrogen-bond acceptors (Lipinski definition) is 3. The first-order chi connectivity index (χ1) is 9.78. The maximum atomic E-state index is 12.1. The number of nitrogens with one attached hydrogen (secondary N) is 1. The average Bonchev–Trinajstić information content (AvgIpc) is 3.08. The van der Waals surface area contributed by atoms with Gasteiger partial charge in [-0.15, -0.1) is 0 Å². The first-order valence-electron chi connectivity index (χ1n) is 7.58. The molecule has 2 unspecified atom stereocenters. The molecule has 1 aromatic rings. The molecule has 0 aromatic heterocycles. The summed E-state index contributed by atoms with van der Waals surface area (Å²) in [5.74, 6) is 0.846. The number of carbonyl (C=O) groups is 1. The van der Waals surface area contributed by atoms with Gasteiger partial charge in [0, 0.05) is 13.1 Å². The van der Waals surface area contributed by atoms with Crippen LogP contribution in [0.2, 0.25) is 0 Å². The summed E-state index contributed by atoms with van der Waals surface area (Å²) in [5, 5.41) is 3.33. The van der Waals surface area contributed by atoms with Crippen LogP contribution >= 0.6 is 0 Å². The number of rotatable bonds is 4. The van der Waals surface area contributed by atoms with Gasteiger partial charge in [0.1, 0.15) is 6.17 Å². The molecule has 0 spiro atoms. The minimum Gasteiger partial charge on any atom is -0.321 e. The molecule has 0 radical (unpaired) electrons. The highest BCUT2D eigenvalue weighted by molar-refractivity contribution is 5.81. The van der Waals surface area contributed by atoms with Crippen molar-refractivity contribution in [3.63, 3.8) is 0 Å². The monoisotopic (exact) mass is 273 g/mol. The Labute approximate surface area is 120 Å². The summed E-state index contributed by atoms with van der Waals surface area (Å²) < 4.78 is 0. The molecule has 2 heterocycles. The molecule has 2 aliphatic heterocycles. The first-order valence-corrected chi connectivity index (χ1v) is 7.58. The van der Waals surface area contributed by atoms with Crippen molar-refractivity contribution in [2.75, 3.05) is 32.7 Å². The molecule has 0 aliphatic carbocycles. The lowest BCUT2D eigenvalue weighted by atomic mass is 10.1. The minimum absolute atomic E-state index is 0.0550. The normalized spacial score (nSPS) is 27.4. The molecule has 1 aromatic carbocycles. The highest BCUT2D eigenvalue weighted by Gasteiger charge is 2.34. The Morgan fingerprint density at radius 3 is 2.80 bits per heavy atom. The summed E-state index contributed by atoms with van der Waals surface area (Å²) in [6, 6.07) is 10.3. The zero-order valence-electron chi connectivity index (χ0n) is 12.1. The molecule has 4 nitrogen and oxygen atoms in total. The molecule has 4 heteroatoms. The molecule has 20 heavy (non-hydrogen) atoms. The van der Waals surface area contributed by atoms with Crippen molar-refractivity contribution in [3.8, 4) is 0 Å². The zero-order valence-corrected chi connectivity index (χ0v) is 12.1. The molecule has 1 N–H and O–H groups in total. The predicted octanol–water partition coefficient (Wildman–Crippen LogP) is 1.46. The highest BCUT2D eigenvalue weighted by atomic mass is 16.2. The molecule has 3 rings (SSSR count). The molecule has 1 amide bonds. The van der Waals surface area contributed by atoms with Crippen LogP contribution < -0.4 is 5.32 Å². The quantitative estimate of drug-likeness (QED) is 0.902. The van der Waals surface area contributed by atoms with Crippen LogP contribution in [0.3, 0.4) is 0 Å². The van der Waals surface area contributed by atoms with Crippen LogP contribution in [-0.2, 0) is 4.79 Å². The molecule has 2 fully saturated rings. The SMILES string of the molecule is CCN1CCC(CN2C(=O)CNC2c2ccccc2)C1. The van der Waals surface area contributed by atoms with Crippen molar-refractivity contribution in [2.24, 2.45) is 5.92 Å². The van der Waals surface area contributed by atoms with Crippen LogP contribution in [0, 0.1) is 5.92 Å². The van der Waals surface area contributed by atoms with Crippen molar-refractivity contribution in [1.29, 1.82) is 0 Å². The van der Waals surface area contributed by atoms with Crippen LogP contribution in [0.4, 0.5) is 0 Å². The summed E-state index contributed by atoms with van der Waals surface area (Å²) in [7, 11) is 0. The fourth-order valence-corrected chi connectivity index (χ4v) is 3.31. The lowest BCUT2D eigenvalue weighted by molar-refractivity contribution is -0.128. The van der Waals surface area contributed by atoms with Crippen molar-refractivity contribution in [1.82, 2.24) is 15.1 Å². The number of nitrogens with zero attached hydrogens (tertiary/aromatic N) is 2. The van der Waals surface area contributed by atoms with E-state index in [2.05, 4.69) is 29.3 Å².